The summed E-state index contributed by atoms with van der Waals surface area (Å²) < 4.78 is 11.7. The van der Waals surface area contributed by atoms with E-state index >= 15 is 0 Å². The third kappa shape index (κ3) is 3.96. The molecule has 0 amide bonds. The van der Waals surface area contributed by atoms with Crippen molar-refractivity contribution in [2.24, 2.45) is 0 Å². The van der Waals surface area contributed by atoms with Gasteiger partial charge in [-0.1, -0.05) is 0 Å². The molecule has 0 aliphatic heterocycles. The number of nitrogens with one attached hydrogen (secondary N) is 1. The number of thiophene rings is 1. The highest BCUT2D eigenvalue weighted by Crippen LogP contribution is 2.25. The fraction of sp³-hybridized carbons (Fsp3) is 0.286. The molecule has 102 valence electrons. The van der Waals surface area contributed by atoms with E-state index in [1.807, 2.05) is 18.2 Å². The summed E-state index contributed by atoms with van der Waals surface area (Å²) >= 11 is 5.20. The topological polar surface area (TPSA) is 30.5 Å². The third-order valence-corrected chi connectivity index (χ3v) is 4.35. The molecule has 19 heavy (non-hydrogen) atoms. The van der Waals surface area contributed by atoms with Gasteiger partial charge in [0.25, 0.3) is 0 Å². The highest BCUT2D eigenvalue weighted by molar-refractivity contribution is 9.11. The van der Waals surface area contributed by atoms with E-state index in [0.717, 1.165) is 33.9 Å². The molecule has 2 aromatic rings. The Bertz CT molecular complexity index is 542. The van der Waals surface area contributed by atoms with E-state index in [4.69, 9.17) is 9.47 Å². The lowest BCUT2D eigenvalue weighted by atomic mass is 10.2. The van der Waals surface area contributed by atoms with E-state index < -0.39 is 0 Å². The first-order valence-corrected chi connectivity index (χ1v) is 7.49. The van der Waals surface area contributed by atoms with Crippen molar-refractivity contribution in [3.05, 3.63) is 44.6 Å². The first-order valence-electron chi connectivity index (χ1n) is 5.88. The second-order valence-corrected chi connectivity index (χ2v) is 6.53. The second-order valence-electron chi connectivity index (χ2n) is 3.99. The second kappa shape index (κ2) is 6.93. The van der Waals surface area contributed by atoms with Crippen LogP contribution < -0.4 is 14.8 Å². The Morgan fingerprint density at radius 3 is 2.58 bits per heavy atom. The molecule has 0 aliphatic rings. The molecule has 1 aromatic heterocycles. The van der Waals surface area contributed by atoms with Gasteiger partial charge in [-0.2, -0.15) is 0 Å². The van der Waals surface area contributed by atoms with Crippen LogP contribution in [0.5, 0.6) is 11.5 Å². The smallest absolute Gasteiger partial charge is 0.123 e. The fourth-order valence-electron chi connectivity index (χ4n) is 1.79. The fourth-order valence-corrected chi connectivity index (χ4v) is 3.24. The van der Waals surface area contributed by atoms with Gasteiger partial charge in [0.05, 0.1) is 18.0 Å². The number of benzene rings is 1. The van der Waals surface area contributed by atoms with Crippen LogP contribution in [0.15, 0.2) is 34.1 Å². The van der Waals surface area contributed by atoms with Crippen LogP contribution >= 0.6 is 27.3 Å². The van der Waals surface area contributed by atoms with Crippen molar-refractivity contribution in [1.82, 2.24) is 5.32 Å². The quantitative estimate of drug-likeness (QED) is 0.866. The molecule has 1 heterocycles. The van der Waals surface area contributed by atoms with Gasteiger partial charge in [0.1, 0.15) is 11.5 Å². The molecule has 1 aromatic carbocycles. The highest BCUT2D eigenvalue weighted by Gasteiger charge is 2.05. The molecule has 0 saturated heterocycles. The van der Waals surface area contributed by atoms with Gasteiger partial charge in [0.2, 0.25) is 0 Å². The molecule has 0 spiro atoms. The largest absolute Gasteiger partial charge is 0.497 e. The van der Waals surface area contributed by atoms with E-state index in [1.165, 1.54) is 4.88 Å². The number of halogens is 1. The summed E-state index contributed by atoms with van der Waals surface area (Å²) in [5.41, 5.74) is 1.09. The molecule has 1 N–H and O–H groups in total. The molecule has 0 unspecified atom stereocenters. The minimum absolute atomic E-state index is 0.746. The molecule has 0 radical (unpaired) electrons. The van der Waals surface area contributed by atoms with Crippen molar-refractivity contribution < 1.29 is 9.47 Å². The number of ether oxygens (including phenoxy) is 2. The molecular weight excluding hydrogens is 326 g/mol. The maximum atomic E-state index is 5.35. The van der Waals surface area contributed by atoms with Gasteiger partial charge in [0.15, 0.2) is 0 Å². The number of methoxy groups -OCH3 is 2. The van der Waals surface area contributed by atoms with Crippen LogP contribution in [0.2, 0.25) is 0 Å². The molecule has 2 rings (SSSR count). The van der Waals surface area contributed by atoms with E-state index in [2.05, 4.69) is 33.4 Å². The van der Waals surface area contributed by atoms with Gasteiger partial charge in [-0.05, 0) is 46.3 Å². The van der Waals surface area contributed by atoms with Crippen molar-refractivity contribution in [3.8, 4) is 11.5 Å². The summed E-state index contributed by atoms with van der Waals surface area (Å²) in [6.45, 7) is 1.59. The summed E-state index contributed by atoms with van der Waals surface area (Å²) in [5, 5.41) is 3.41. The summed E-state index contributed by atoms with van der Waals surface area (Å²) in [7, 11) is 3.35. The molecule has 3 nitrogen and oxygen atoms in total. The van der Waals surface area contributed by atoms with E-state index in [-0.39, 0.29) is 0 Å². The SMILES string of the molecule is COc1ccc(OC)c(CNCc2ccc(Br)s2)c1. The molecule has 0 aliphatic carbocycles. The lowest BCUT2D eigenvalue weighted by molar-refractivity contribution is 0.397. The lowest BCUT2D eigenvalue weighted by Gasteiger charge is -2.11. The van der Waals surface area contributed by atoms with Gasteiger partial charge < -0.3 is 14.8 Å². The van der Waals surface area contributed by atoms with Gasteiger partial charge in [0, 0.05) is 23.5 Å². The van der Waals surface area contributed by atoms with Crippen molar-refractivity contribution in [2.75, 3.05) is 14.2 Å². The number of hydrogen-bond acceptors (Lipinski definition) is 4. The first kappa shape index (κ1) is 14.4. The zero-order chi connectivity index (χ0) is 13.7. The maximum absolute atomic E-state index is 5.35. The number of hydrogen-bond donors (Lipinski definition) is 1. The van der Waals surface area contributed by atoms with Crippen molar-refractivity contribution in [1.29, 1.82) is 0 Å². The minimum Gasteiger partial charge on any atom is -0.497 e. The standard InChI is InChI=1S/C14H16BrNO2S/c1-17-11-3-5-13(18-2)10(7-11)8-16-9-12-4-6-14(15)19-12/h3-7,16H,8-9H2,1-2H3. The van der Waals surface area contributed by atoms with Crippen LogP contribution in [0.25, 0.3) is 0 Å². The average Bonchev–Trinajstić information content (AvgIpc) is 2.84. The Morgan fingerprint density at radius 2 is 1.95 bits per heavy atom. The van der Waals surface area contributed by atoms with Crippen molar-refractivity contribution in [2.45, 2.75) is 13.1 Å². The van der Waals surface area contributed by atoms with E-state index in [1.54, 1.807) is 25.6 Å². The summed E-state index contributed by atoms with van der Waals surface area (Å²) in [6, 6.07) is 10.0. The Hall–Kier alpha value is -1.04. The Balaban J connectivity index is 1.98. The van der Waals surface area contributed by atoms with Crippen LogP contribution in [0, 0.1) is 0 Å². The van der Waals surface area contributed by atoms with Crippen LogP contribution in [-0.4, -0.2) is 14.2 Å². The van der Waals surface area contributed by atoms with E-state index in [9.17, 15) is 0 Å². The van der Waals surface area contributed by atoms with Crippen LogP contribution in [0.3, 0.4) is 0 Å². The third-order valence-electron chi connectivity index (χ3n) is 2.73. The van der Waals surface area contributed by atoms with Gasteiger partial charge in [-0.25, -0.2) is 0 Å². The zero-order valence-electron chi connectivity index (χ0n) is 10.9. The molecule has 5 heteroatoms. The predicted octanol–water partition coefficient (Wildman–Crippen LogP) is 3.82. The Labute approximate surface area is 125 Å². The molecule has 0 bridgehead atoms. The normalized spacial score (nSPS) is 10.5. The summed E-state index contributed by atoms with van der Waals surface area (Å²) in [5.74, 6) is 1.72. The van der Waals surface area contributed by atoms with Gasteiger partial charge >= 0.3 is 0 Å². The summed E-state index contributed by atoms with van der Waals surface area (Å²) in [4.78, 5) is 1.30. The van der Waals surface area contributed by atoms with Gasteiger partial charge in [-0.3, -0.25) is 0 Å². The van der Waals surface area contributed by atoms with Crippen molar-refractivity contribution >= 4 is 27.3 Å². The zero-order valence-corrected chi connectivity index (χ0v) is 13.3. The Kier molecular flexibility index (Phi) is 5.24. The van der Waals surface area contributed by atoms with Crippen LogP contribution in [0.4, 0.5) is 0 Å². The maximum Gasteiger partial charge on any atom is 0.123 e. The first-order chi connectivity index (χ1) is 9.22. The van der Waals surface area contributed by atoms with Crippen molar-refractivity contribution in [3.63, 3.8) is 0 Å². The molecule has 0 fully saturated rings. The minimum atomic E-state index is 0.746. The number of rotatable bonds is 6. The monoisotopic (exact) mass is 341 g/mol. The van der Waals surface area contributed by atoms with Gasteiger partial charge in [-0.15, -0.1) is 11.3 Å². The Morgan fingerprint density at radius 1 is 1.11 bits per heavy atom. The van der Waals surface area contributed by atoms with Crippen LogP contribution in [0.1, 0.15) is 10.4 Å². The van der Waals surface area contributed by atoms with Crippen LogP contribution in [-0.2, 0) is 13.1 Å². The summed E-state index contributed by atoms with van der Waals surface area (Å²) in [6.07, 6.45) is 0. The highest BCUT2D eigenvalue weighted by atomic mass is 79.9. The van der Waals surface area contributed by atoms with E-state index in [0.29, 0.717) is 0 Å². The molecular formula is C14H16BrNO2S. The average molecular weight is 342 g/mol. The lowest BCUT2D eigenvalue weighted by Crippen LogP contribution is -2.12. The molecule has 0 saturated carbocycles. The predicted molar refractivity (Wildman–Crippen MR) is 82.1 cm³/mol. The molecule has 0 atom stereocenters.